The molecule has 2 N–H and O–H groups in total. The molecule has 0 aliphatic heterocycles. The third-order valence-electron chi connectivity index (χ3n) is 3.42. The van der Waals surface area contributed by atoms with E-state index >= 15 is 0 Å². The van der Waals surface area contributed by atoms with E-state index in [0.717, 1.165) is 25.7 Å². The summed E-state index contributed by atoms with van der Waals surface area (Å²) in [5.74, 6) is 1.20. The summed E-state index contributed by atoms with van der Waals surface area (Å²) in [4.78, 5) is 25.2. The fourth-order valence-corrected chi connectivity index (χ4v) is 3.05. The highest BCUT2D eigenvalue weighted by Gasteiger charge is 2.11. The number of amides is 1. The first kappa shape index (κ1) is 17.3. The number of carbonyl (C=O) groups is 1. The van der Waals surface area contributed by atoms with Crippen molar-refractivity contribution in [3.8, 4) is 0 Å². The number of hydrogen-bond donors (Lipinski definition) is 2. The van der Waals surface area contributed by atoms with Crippen LogP contribution in [0.15, 0.2) is 17.5 Å². The first-order valence-corrected chi connectivity index (χ1v) is 8.74. The molecule has 2 rings (SSSR count). The summed E-state index contributed by atoms with van der Waals surface area (Å²) in [5.41, 5.74) is 0. The number of nitrogens with zero attached hydrogens (tertiary/aromatic N) is 3. The Labute approximate surface area is 140 Å². The molecule has 2 heterocycles. The number of aromatic nitrogens is 3. The summed E-state index contributed by atoms with van der Waals surface area (Å²) in [7, 11) is 0. The molecule has 0 spiro atoms. The number of nitrogens with one attached hydrogen (secondary N) is 2. The van der Waals surface area contributed by atoms with Crippen LogP contribution in [0.3, 0.4) is 0 Å². The Bertz CT molecular complexity index is 629. The van der Waals surface area contributed by atoms with E-state index in [4.69, 9.17) is 0 Å². The van der Waals surface area contributed by atoms with Crippen LogP contribution in [0.2, 0.25) is 0 Å². The zero-order valence-electron chi connectivity index (χ0n) is 13.8. The molecule has 0 radical (unpaired) electrons. The zero-order chi connectivity index (χ0) is 16.7. The van der Waals surface area contributed by atoms with E-state index < -0.39 is 0 Å². The second-order valence-corrected chi connectivity index (χ2v) is 6.46. The van der Waals surface area contributed by atoms with Crippen molar-refractivity contribution in [2.45, 2.75) is 52.5 Å². The molecule has 2 aromatic rings. The summed E-state index contributed by atoms with van der Waals surface area (Å²) in [6.07, 6.45) is 4.26. The van der Waals surface area contributed by atoms with Crippen molar-refractivity contribution in [1.82, 2.24) is 15.0 Å². The quantitative estimate of drug-likeness (QED) is 0.774. The normalized spacial score (nSPS) is 12.0. The number of anilines is 2. The summed E-state index contributed by atoms with van der Waals surface area (Å²) < 4.78 is 0. The van der Waals surface area contributed by atoms with Crippen molar-refractivity contribution in [1.29, 1.82) is 0 Å². The summed E-state index contributed by atoms with van der Waals surface area (Å²) in [6, 6.07) is 4.57. The monoisotopic (exact) mass is 333 g/mol. The van der Waals surface area contributed by atoms with Gasteiger partial charge in [0.25, 0.3) is 0 Å². The van der Waals surface area contributed by atoms with Gasteiger partial charge in [0.1, 0.15) is 5.82 Å². The van der Waals surface area contributed by atoms with Crippen molar-refractivity contribution < 1.29 is 4.79 Å². The molecular weight excluding hydrogens is 310 g/mol. The van der Waals surface area contributed by atoms with E-state index in [-0.39, 0.29) is 5.91 Å². The van der Waals surface area contributed by atoms with Gasteiger partial charge in [-0.05, 0) is 44.1 Å². The van der Waals surface area contributed by atoms with Crippen molar-refractivity contribution in [3.05, 3.63) is 28.2 Å². The molecule has 2 aromatic heterocycles. The van der Waals surface area contributed by atoms with Gasteiger partial charge in [-0.25, -0.2) is 0 Å². The van der Waals surface area contributed by atoms with Crippen LogP contribution < -0.4 is 10.6 Å². The van der Waals surface area contributed by atoms with Crippen molar-refractivity contribution in [2.75, 3.05) is 10.6 Å². The van der Waals surface area contributed by atoms with Crippen LogP contribution in [0.1, 0.15) is 43.8 Å². The molecule has 0 aromatic carbocycles. The largest absolute Gasteiger partial charge is 0.351 e. The van der Waals surface area contributed by atoms with Gasteiger partial charge >= 0.3 is 0 Å². The van der Waals surface area contributed by atoms with Crippen LogP contribution in [-0.4, -0.2) is 26.9 Å². The first-order valence-electron chi connectivity index (χ1n) is 7.86. The smallest absolute Gasteiger partial charge is 0.234 e. The molecule has 0 aliphatic carbocycles. The van der Waals surface area contributed by atoms with Crippen LogP contribution in [0.5, 0.6) is 0 Å². The average Bonchev–Trinajstić information content (AvgIpc) is 2.98. The second-order valence-electron chi connectivity index (χ2n) is 5.43. The van der Waals surface area contributed by atoms with Crippen molar-refractivity contribution >= 4 is 29.1 Å². The Hall–Kier alpha value is -2.02. The molecule has 0 bridgehead atoms. The van der Waals surface area contributed by atoms with Gasteiger partial charge in [-0.3, -0.25) is 10.1 Å². The van der Waals surface area contributed by atoms with E-state index in [2.05, 4.69) is 50.0 Å². The number of hydrogen-bond acceptors (Lipinski definition) is 6. The fraction of sp³-hybridized carbons (Fsp3) is 0.500. The van der Waals surface area contributed by atoms with Crippen LogP contribution in [0.4, 0.5) is 11.9 Å². The topological polar surface area (TPSA) is 79.8 Å². The molecular formula is C16H23N5OS. The molecule has 0 saturated heterocycles. The predicted molar refractivity (Wildman–Crippen MR) is 93.8 cm³/mol. The fourth-order valence-electron chi connectivity index (χ4n) is 2.30. The highest BCUT2D eigenvalue weighted by molar-refractivity contribution is 7.09. The molecule has 124 valence electrons. The Balaban J connectivity index is 1.92. The molecule has 7 heteroatoms. The number of thiophene rings is 1. The van der Waals surface area contributed by atoms with E-state index in [9.17, 15) is 4.79 Å². The lowest BCUT2D eigenvalue weighted by Crippen LogP contribution is -2.21. The predicted octanol–water partition coefficient (Wildman–Crippen LogP) is 3.41. The Morgan fingerprint density at radius 2 is 2.09 bits per heavy atom. The number of carbonyl (C=O) groups excluding carboxylic acids is 1. The standard InChI is InChI=1S/C16H23N5OS/c1-4-13(7-5-8-14-9-6-10-23-14)20-16-18-11(2)17-15(21-16)19-12(3)22/h6,9-10,13H,4-5,7-8H2,1-3H3,(H2,17,18,19,20,21,22). The van der Waals surface area contributed by atoms with Crippen molar-refractivity contribution in [3.63, 3.8) is 0 Å². The van der Waals surface area contributed by atoms with Gasteiger partial charge in [-0.15, -0.1) is 11.3 Å². The molecule has 0 saturated carbocycles. The zero-order valence-corrected chi connectivity index (χ0v) is 14.6. The van der Waals surface area contributed by atoms with Crippen molar-refractivity contribution in [2.24, 2.45) is 0 Å². The van der Waals surface area contributed by atoms with Crippen LogP contribution in [-0.2, 0) is 11.2 Å². The molecule has 0 fully saturated rings. The van der Waals surface area contributed by atoms with Gasteiger partial charge in [-0.1, -0.05) is 13.0 Å². The highest BCUT2D eigenvalue weighted by atomic mass is 32.1. The SMILES string of the molecule is CCC(CCCc1cccs1)Nc1nc(C)nc(NC(C)=O)n1. The molecule has 0 aliphatic rings. The van der Waals surface area contributed by atoms with Crippen LogP contribution in [0, 0.1) is 6.92 Å². The second kappa shape index (κ2) is 8.57. The average molecular weight is 333 g/mol. The molecule has 1 amide bonds. The minimum atomic E-state index is -0.190. The Morgan fingerprint density at radius 1 is 1.30 bits per heavy atom. The van der Waals surface area contributed by atoms with E-state index in [1.807, 2.05) is 0 Å². The lowest BCUT2D eigenvalue weighted by molar-refractivity contribution is -0.114. The summed E-state index contributed by atoms with van der Waals surface area (Å²) >= 11 is 1.80. The third kappa shape index (κ3) is 5.94. The molecule has 1 unspecified atom stereocenters. The van der Waals surface area contributed by atoms with Crippen LogP contribution in [0.25, 0.3) is 0 Å². The van der Waals surface area contributed by atoms with Gasteiger partial charge in [0.05, 0.1) is 0 Å². The maximum Gasteiger partial charge on any atom is 0.234 e. The number of rotatable bonds is 8. The highest BCUT2D eigenvalue weighted by Crippen LogP contribution is 2.15. The lowest BCUT2D eigenvalue weighted by Gasteiger charge is -2.17. The van der Waals surface area contributed by atoms with E-state index in [0.29, 0.717) is 23.8 Å². The Morgan fingerprint density at radius 3 is 2.74 bits per heavy atom. The minimum absolute atomic E-state index is 0.190. The molecule has 6 nitrogen and oxygen atoms in total. The summed E-state index contributed by atoms with van der Waals surface area (Å²) in [5, 5.41) is 8.07. The first-order chi connectivity index (χ1) is 11.1. The van der Waals surface area contributed by atoms with Gasteiger partial charge in [0.2, 0.25) is 17.8 Å². The van der Waals surface area contributed by atoms with Gasteiger partial charge in [0, 0.05) is 17.8 Å². The minimum Gasteiger partial charge on any atom is -0.351 e. The third-order valence-corrected chi connectivity index (χ3v) is 4.35. The van der Waals surface area contributed by atoms with E-state index in [1.54, 1.807) is 18.3 Å². The van der Waals surface area contributed by atoms with E-state index in [1.165, 1.54) is 11.8 Å². The van der Waals surface area contributed by atoms with Gasteiger partial charge in [-0.2, -0.15) is 15.0 Å². The summed E-state index contributed by atoms with van der Waals surface area (Å²) in [6.45, 7) is 5.37. The molecule has 23 heavy (non-hydrogen) atoms. The Kier molecular flexibility index (Phi) is 6.46. The lowest BCUT2D eigenvalue weighted by atomic mass is 10.1. The van der Waals surface area contributed by atoms with Gasteiger partial charge in [0.15, 0.2) is 0 Å². The molecule has 1 atom stereocenters. The maximum absolute atomic E-state index is 11.1. The number of aryl methyl sites for hydroxylation is 2. The van der Waals surface area contributed by atoms with Crippen LogP contribution >= 0.6 is 11.3 Å². The van der Waals surface area contributed by atoms with Gasteiger partial charge < -0.3 is 5.32 Å². The maximum atomic E-state index is 11.1.